The predicted molar refractivity (Wildman–Crippen MR) is 97.5 cm³/mol. The Morgan fingerprint density at radius 1 is 1.30 bits per heavy atom. The number of aryl methyl sites for hydroxylation is 1. The molecule has 1 aliphatic heterocycles. The molecule has 0 bridgehead atoms. The molecular weight excluding hydrogens is 306 g/mol. The van der Waals surface area contributed by atoms with Crippen molar-refractivity contribution in [3.05, 3.63) is 59.8 Å². The van der Waals surface area contributed by atoms with Gasteiger partial charge in [-0.25, -0.2) is 4.98 Å². The summed E-state index contributed by atoms with van der Waals surface area (Å²) in [5, 5.41) is 6.53. The van der Waals surface area contributed by atoms with Crippen molar-refractivity contribution in [1.29, 1.82) is 0 Å². The maximum Gasteiger partial charge on any atom is 0.231 e. The maximum absolute atomic E-state index is 5.22. The van der Waals surface area contributed by atoms with E-state index in [1.807, 2.05) is 13.0 Å². The summed E-state index contributed by atoms with van der Waals surface area (Å²) in [5.74, 6) is 1.42. The Morgan fingerprint density at radius 3 is 2.65 bits per heavy atom. The molecule has 1 aliphatic rings. The van der Waals surface area contributed by atoms with Crippen molar-refractivity contribution in [1.82, 2.24) is 15.3 Å². The van der Waals surface area contributed by atoms with Crippen molar-refractivity contribution in [3.63, 3.8) is 0 Å². The van der Waals surface area contributed by atoms with Crippen LogP contribution in [0.3, 0.4) is 0 Å². The minimum absolute atomic E-state index is 0.492. The summed E-state index contributed by atoms with van der Waals surface area (Å²) in [4.78, 5) is 11.2. The lowest BCUT2D eigenvalue weighted by molar-refractivity contribution is 0.849. The van der Waals surface area contributed by atoms with Gasteiger partial charge in [0, 0.05) is 31.4 Å². The minimum Gasteiger partial charge on any atom is -0.359 e. The molecule has 0 unspecified atom stereocenters. The fourth-order valence-electron chi connectivity index (χ4n) is 2.58. The monoisotopic (exact) mass is 325 g/mol. The van der Waals surface area contributed by atoms with E-state index < -0.39 is 0 Å². The van der Waals surface area contributed by atoms with Crippen molar-refractivity contribution in [3.8, 4) is 0 Å². The van der Waals surface area contributed by atoms with E-state index >= 15 is 0 Å². The first kappa shape index (κ1) is 15.4. The summed E-state index contributed by atoms with van der Waals surface area (Å²) in [6.07, 6.45) is 1.75. The topological polar surface area (TPSA) is 53.1 Å². The summed E-state index contributed by atoms with van der Waals surface area (Å²) in [5.41, 5.74) is 3.60. The Kier molecular flexibility index (Phi) is 4.52. The molecule has 0 fully saturated rings. The minimum atomic E-state index is 0.492. The molecule has 0 atom stereocenters. The first-order chi connectivity index (χ1) is 11.2. The van der Waals surface area contributed by atoms with Gasteiger partial charge >= 0.3 is 0 Å². The van der Waals surface area contributed by atoms with Crippen molar-refractivity contribution < 1.29 is 0 Å². The highest BCUT2D eigenvalue weighted by molar-refractivity contribution is 7.80. The molecular formula is C17H19N5S. The van der Waals surface area contributed by atoms with Gasteiger partial charge in [0.15, 0.2) is 5.11 Å². The fraction of sp³-hybridized carbons (Fsp3) is 0.235. The second-order valence-electron chi connectivity index (χ2n) is 5.44. The van der Waals surface area contributed by atoms with Gasteiger partial charge in [-0.2, -0.15) is 4.98 Å². The van der Waals surface area contributed by atoms with E-state index in [0.29, 0.717) is 17.6 Å². The molecule has 23 heavy (non-hydrogen) atoms. The largest absolute Gasteiger partial charge is 0.359 e. The van der Waals surface area contributed by atoms with Crippen LogP contribution in [0.5, 0.6) is 0 Å². The first-order valence-electron chi connectivity index (χ1n) is 7.49. The van der Waals surface area contributed by atoms with Gasteiger partial charge < -0.3 is 15.5 Å². The summed E-state index contributed by atoms with van der Waals surface area (Å²) >= 11 is 5.22. The summed E-state index contributed by atoms with van der Waals surface area (Å²) < 4.78 is 0. The molecule has 3 rings (SSSR count). The lowest BCUT2D eigenvalue weighted by atomic mass is 10.1. The Labute approximate surface area is 141 Å². The zero-order valence-corrected chi connectivity index (χ0v) is 13.9. The van der Waals surface area contributed by atoms with Crippen molar-refractivity contribution >= 4 is 29.1 Å². The predicted octanol–water partition coefficient (Wildman–Crippen LogP) is 2.78. The highest BCUT2D eigenvalue weighted by atomic mass is 32.1. The zero-order valence-electron chi connectivity index (χ0n) is 13.0. The van der Waals surface area contributed by atoms with Crippen molar-refractivity contribution in [2.45, 2.75) is 20.0 Å². The van der Waals surface area contributed by atoms with Crippen LogP contribution in [0.2, 0.25) is 0 Å². The van der Waals surface area contributed by atoms with Crippen LogP contribution >= 0.6 is 12.2 Å². The quantitative estimate of drug-likeness (QED) is 0.666. The van der Waals surface area contributed by atoms with Crippen molar-refractivity contribution in [2.75, 3.05) is 16.8 Å². The summed E-state index contributed by atoms with van der Waals surface area (Å²) in [6.45, 7) is 7.95. The normalized spacial score (nSPS) is 12.7. The number of benzene rings is 1. The molecule has 1 aromatic carbocycles. The number of thiocarbonyl (C=S) groups is 1. The van der Waals surface area contributed by atoms with Crippen LogP contribution in [0.4, 0.5) is 11.8 Å². The van der Waals surface area contributed by atoms with Gasteiger partial charge in [-0.15, -0.1) is 6.58 Å². The van der Waals surface area contributed by atoms with Crippen LogP contribution in [-0.2, 0) is 13.1 Å². The molecule has 1 aromatic heterocycles. The van der Waals surface area contributed by atoms with Crippen LogP contribution in [0.15, 0.2) is 43.0 Å². The van der Waals surface area contributed by atoms with E-state index in [2.05, 4.69) is 56.3 Å². The number of hydrogen-bond donors (Lipinski definition) is 2. The summed E-state index contributed by atoms with van der Waals surface area (Å²) in [6, 6.07) is 10.5. The maximum atomic E-state index is 5.22. The Balaban J connectivity index is 1.76. The Hall–Kier alpha value is -2.47. The Morgan fingerprint density at radius 2 is 2.00 bits per heavy atom. The van der Waals surface area contributed by atoms with E-state index in [1.54, 1.807) is 6.08 Å². The van der Waals surface area contributed by atoms with Crippen molar-refractivity contribution in [2.24, 2.45) is 0 Å². The molecule has 0 amide bonds. The van der Waals surface area contributed by atoms with E-state index in [4.69, 9.17) is 12.2 Å². The lowest BCUT2D eigenvalue weighted by Crippen LogP contribution is -2.29. The SMILES string of the molecule is C=CCNC(=S)Nc1nc(C)cc(N2Cc3ccccc3C2)n1. The van der Waals surface area contributed by atoms with Gasteiger partial charge in [0.2, 0.25) is 5.95 Å². The highest BCUT2D eigenvalue weighted by Gasteiger charge is 2.20. The number of nitrogens with zero attached hydrogens (tertiary/aromatic N) is 3. The van der Waals surface area contributed by atoms with Crippen LogP contribution in [0.1, 0.15) is 16.8 Å². The van der Waals surface area contributed by atoms with E-state index in [9.17, 15) is 0 Å². The van der Waals surface area contributed by atoms with Gasteiger partial charge in [-0.05, 0) is 30.3 Å². The van der Waals surface area contributed by atoms with E-state index in [0.717, 1.165) is 24.6 Å². The Bertz CT molecular complexity index is 719. The molecule has 6 heteroatoms. The first-order valence-corrected chi connectivity index (χ1v) is 7.89. The van der Waals surface area contributed by atoms with Gasteiger partial charge in [0.25, 0.3) is 0 Å². The number of anilines is 2. The second-order valence-corrected chi connectivity index (χ2v) is 5.85. The number of nitrogens with one attached hydrogen (secondary N) is 2. The van der Waals surface area contributed by atoms with Crippen LogP contribution in [-0.4, -0.2) is 21.6 Å². The molecule has 2 N–H and O–H groups in total. The molecule has 5 nitrogen and oxygen atoms in total. The molecule has 0 radical (unpaired) electrons. The molecule has 0 spiro atoms. The standard InChI is InChI=1S/C17H19N5S/c1-3-8-18-17(23)21-16-19-12(2)9-15(20-16)22-10-13-6-4-5-7-14(13)11-22/h3-7,9H,1,8,10-11H2,2H3,(H2,18,19,20,21,23). The van der Waals surface area contributed by atoms with Gasteiger partial charge in [-0.1, -0.05) is 30.3 Å². The zero-order chi connectivity index (χ0) is 16.2. The number of aromatic nitrogens is 2. The molecule has 118 valence electrons. The van der Waals surface area contributed by atoms with Crippen LogP contribution in [0, 0.1) is 6.92 Å². The number of hydrogen-bond acceptors (Lipinski definition) is 4. The van der Waals surface area contributed by atoms with Crippen LogP contribution in [0.25, 0.3) is 0 Å². The third kappa shape index (κ3) is 3.65. The number of fused-ring (bicyclic) bond motifs is 1. The summed E-state index contributed by atoms with van der Waals surface area (Å²) in [7, 11) is 0. The molecule has 0 saturated heterocycles. The molecule has 0 saturated carbocycles. The van der Waals surface area contributed by atoms with Gasteiger partial charge in [0.1, 0.15) is 5.82 Å². The smallest absolute Gasteiger partial charge is 0.231 e. The van der Waals surface area contributed by atoms with Crippen LogP contribution < -0.4 is 15.5 Å². The number of rotatable bonds is 4. The molecule has 0 aliphatic carbocycles. The highest BCUT2D eigenvalue weighted by Crippen LogP contribution is 2.27. The van der Waals surface area contributed by atoms with Gasteiger partial charge in [0.05, 0.1) is 0 Å². The van der Waals surface area contributed by atoms with E-state index in [-0.39, 0.29) is 0 Å². The third-order valence-electron chi connectivity index (χ3n) is 3.64. The fourth-order valence-corrected chi connectivity index (χ4v) is 2.75. The lowest BCUT2D eigenvalue weighted by Gasteiger charge is -2.18. The van der Waals surface area contributed by atoms with E-state index in [1.165, 1.54) is 11.1 Å². The van der Waals surface area contributed by atoms with Gasteiger partial charge in [-0.3, -0.25) is 0 Å². The molecule has 2 heterocycles. The average molecular weight is 325 g/mol. The molecule has 2 aromatic rings. The average Bonchev–Trinajstić information content (AvgIpc) is 2.96. The third-order valence-corrected chi connectivity index (χ3v) is 3.88. The second kappa shape index (κ2) is 6.75.